The van der Waals surface area contributed by atoms with Gasteiger partial charge in [-0.25, -0.2) is 0 Å². The predicted octanol–water partition coefficient (Wildman–Crippen LogP) is 18.3. The highest BCUT2D eigenvalue weighted by atomic mass is 16.5. The molecule has 13 aliphatic heterocycles. The van der Waals surface area contributed by atoms with Gasteiger partial charge >= 0.3 is 0 Å². The lowest BCUT2D eigenvalue weighted by molar-refractivity contribution is -0.159. The number of piperidine rings is 9. The van der Waals surface area contributed by atoms with Crippen LogP contribution in [0.15, 0.2) is 0 Å². The highest BCUT2D eigenvalue weighted by Crippen LogP contribution is 2.57. The number of hydrogen-bond acceptors (Lipinski definition) is 15. The van der Waals surface area contributed by atoms with Gasteiger partial charge in [-0.05, 0) is 370 Å². The van der Waals surface area contributed by atoms with Crippen LogP contribution in [0.5, 0.6) is 0 Å². The number of nitrogens with one attached hydrogen (secondary N) is 1. The van der Waals surface area contributed by atoms with Crippen molar-refractivity contribution in [3.05, 3.63) is 0 Å². The number of likely N-dealkylation sites (N-methyl/N-ethyl adjacent to an activating group) is 1. The molecule has 0 aromatic carbocycles. The molecule has 11 unspecified atom stereocenters. The third kappa shape index (κ3) is 25.7. The highest BCUT2D eigenvalue weighted by Gasteiger charge is 2.52. The zero-order chi connectivity index (χ0) is 76.7. The van der Waals surface area contributed by atoms with Crippen molar-refractivity contribution in [1.82, 2.24) is 29.8 Å². The first-order valence-corrected chi connectivity index (χ1v) is 48.1. The van der Waals surface area contributed by atoms with Crippen LogP contribution in [0.4, 0.5) is 0 Å². The molecule has 0 radical (unpaired) electrons. The fourth-order valence-electron chi connectivity index (χ4n) is 26.8. The smallest absolute Gasteiger partial charge is 0.110 e. The number of hydrogen-bond donors (Lipinski definition) is 1. The molecule has 26 rings (SSSR count). The summed E-state index contributed by atoms with van der Waals surface area (Å²) >= 11 is 0. The maximum atomic E-state index is 6.04. The molecule has 0 spiro atoms. The van der Waals surface area contributed by atoms with Crippen LogP contribution in [0.25, 0.3) is 0 Å². The average molecular weight is 1530 g/mol. The average Bonchev–Trinajstić information content (AvgIpc) is 1.75. The molecular weight excluding hydrogens is 1360 g/mol. The Kier molecular flexibility index (Phi) is 37.7. The van der Waals surface area contributed by atoms with E-state index in [0.29, 0.717) is 54.5 Å². The van der Waals surface area contributed by atoms with Gasteiger partial charge in [0.15, 0.2) is 0 Å². The van der Waals surface area contributed by atoms with Gasteiger partial charge in [0.2, 0.25) is 0 Å². The molecule has 13 heterocycles. The summed E-state index contributed by atoms with van der Waals surface area (Å²) < 4.78 is 49.7. The molecule has 13 atom stereocenters. The summed E-state index contributed by atoms with van der Waals surface area (Å²) in [6, 6.07) is 4.07. The second-order valence-corrected chi connectivity index (χ2v) is 38.6. The van der Waals surface area contributed by atoms with Crippen LogP contribution in [0.1, 0.15) is 301 Å². The van der Waals surface area contributed by atoms with Crippen LogP contribution in [0.2, 0.25) is 0 Å². The quantitative estimate of drug-likeness (QED) is 0.168. The minimum atomic E-state index is 0.351. The predicted molar refractivity (Wildman–Crippen MR) is 447 cm³/mol. The fraction of sp³-hybridized carbons (Fsp3) is 1.00. The summed E-state index contributed by atoms with van der Waals surface area (Å²) in [5, 5.41) is 3.33. The van der Waals surface area contributed by atoms with Gasteiger partial charge in [0.05, 0.1) is 55.4 Å². The van der Waals surface area contributed by atoms with Crippen molar-refractivity contribution in [1.29, 1.82) is 0 Å². The highest BCUT2D eigenvalue weighted by molar-refractivity contribution is 5.04. The van der Waals surface area contributed by atoms with Gasteiger partial charge in [0.25, 0.3) is 0 Å². The Bertz CT molecular complexity index is 2250. The Morgan fingerprint density at radius 2 is 0.899 bits per heavy atom. The number of ether oxygens (including phenoxy) is 9. The van der Waals surface area contributed by atoms with Crippen LogP contribution in [0, 0.1) is 82.9 Å². The first kappa shape index (κ1) is 89.2. The minimum Gasteiger partial charge on any atom is -0.385 e. The van der Waals surface area contributed by atoms with Gasteiger partial charge in [-0.2, -0.15) is 0 Å². The van der Waals surface area contributed by atoms with Crippen LogP contribution >= 0.6 is 0 Å². The Hall–Kier alpha value is -0.600. The van der Waals surface area contributed by atoms with Gasteiger partial charge in [-0.1, -0.05) is 34.1 Å². The zero-order valence-corrected chi connectivity index (χ0v) is 73.1. The fourth-order valence-corrected chi connectivity index (χ4v) is 26.8. The van der Waals surface area contributed by atoms with Gasteiger partial charge in [0.1, 0.15) is 6.23 Å². The number of fused-ring (bicyclic) bond motifs is 18. The number of nitrogens with zero attached hydrogens (tertiary/aromatic N) is 5. The monoisotopic (exact) mass is 1530 g/mol. The largest absolute Gasteiger partial charge is 0.385 e. The number of likely N-dealkylation sites (tertiary alicyclic amines) is 2. The van der Waals surface area contributed by atoms with E-state index >= 15 is 0 Å². The maximum Gasteiger partial charge on any atom is 0.110 e. The molecule has 0 amide bonds. The van der Waals surface area contributed by atoms with Gasteiger partial charge in [-0.3, -0.25) is 9.80 Å². The Balaban J connectivity index is 0.000000120. The van der Waals surface area contributed by atoms with E-state index in [9.17, 15) is 0 Å². The molecule has 13 saturated carbocycles. The van der Waals surface area contributed by atoms with E-state index in [0.717, 1.165) is 173 Å². The minimum absolute atomic E-state index is 0.351. The Morgan fingerprint density at radius 1 is 0.385 bits per heavy atom. The summed E-state index contributed by atoms with van der Waals surface area (Å²) in [7, 11) is 3.97. The van der Waals surface area contributed by atoms with E-state index in [1.165, 1.54) is 264 Å². The van der Waals surface area contributed by atoms with E-state index in [-0.39, 0.29) is 0 Å². The summed E-state index contributed by atoms with van der Waals surface area (Å²) in [5.41, 5.74) is 0.351. The second-order valence-electron chi connectivity index (χ2n) is 38.6. The number of rotatable bonds is 15. The number of methoxy groups -OCH3 is 1. The van der Waals surface area contributed by atoms with E-state index < -0.39 is 0 Å². The molecule has 109 heavy (non-hydrogen) atoms. The third-order valence-corrected chi connectivity index (χ3v) is 31.5. The summed E-state index contributed by atoms with van der Waals surface area (Å²) in [6.07, 6.45) is 54.1. The first-order chi connectivity index (χ1) is 53.3. The molecular formula is C94H174N6O9. The Morgan fingerprint density at radius 3 is 1.27 bits per heavy atom. The van der Waals surface area contributed by atoms with Crippen molar-refractivity contribution in [3.8, 4) is 0 Å². The van der Waals surface area contributed by atoms with E-state index in [4.69, 9.17) is 37.9 Å². The molecule has 26 fully saturated rings. The summed E-state index contributed by atoms with van der Waals surface area (Å²) in [4.78, 5) is 12.9. The third-order valence-electron chi connectivity index (χ3n) is 31.5. The number of morpholine rings is 2. The van der Waals surface area contributed by atoms with Crippen LogP contribution in [-0.2, 0) is 42.6 Å². The van der Waals surface area contributed by atoms with E-state index in [2.05, 4.69) is 97.0 Å². The molecule has 0 aromatic rings. The molecule has 15 heteroatoms. The molecule has 1 N–H and O–H groups in total. The molecule has 13 aliphatic carbocycles. The van der Waals surface area contributed by atoms with E-state index in [1.54, 1.807) is 26.4 Å². The summed E-state index contributed by atoms with van der Waals surface area (Å²) in [5.74, 6) is 14.2. The van der Waals surface area contributed by atoms with Crippen molar-refractivity contribution >= 4 is 0 Å². The summed E-state index contributed by atoms with van der Waals surface area (Å²) in [6.45, 7) is 44.3. The zero-order valence-electron chi connectivity index (χ0n) is 73.1. The standard InChI is InChI=1S/C12H20O.C11H21NO.C10H18O.C9H17NO.C9H15N.2C9H16O.C8H15N.C7H13NO.C5H9NO.C3H8O.C2H6/c1-2-13-12-6-9-3-10(7-12)5-11(4-9)8-12;1-3-13-11-7-9-5-4-6-10(8-11)12(9)2;1-2-11-10-7-8-3-5-9(10)6-4-8;1-2-11-9-7-8-3-5-10(9)6-4-8;1-7-2-9-3-8(1)5-10(4-7)6-9;1-2-10-9-6-7-3-4-8(9)5-7;1-2-10-9-7-3-4-8(9)6-5-7;1-2-9-6-7-3-4-8(9)5-7;1-2-8-4-7-3-6(8)5-9-7;1-4-3-7-5(1)2-6-4;1-3-4-2;1-2/h9-11H,2-8H2,1H3;9-11H,3-8H2,1-2H3;8-10H,2-7H2,1H3;8-9H,2-7H2,1H3;7-9H,1-6H2;2*7-9H,2-6H2,1H3;7-8H,2-6H2,1H3;6-7H,2-5H2,1H3;4-6H,1-3H2;3H2,1-2H3;1-2H3/t;;;;;;;;;4-,5-;;/m.........0../s1. The van der Waals surface area contributed by atoms with Crippen LogP contribution in [-0.4, -0.2) is 242 Å². The van der Waals surface area contributed by atoms with Crippen molar-refractivity contribution < 1.29 is 42.6 Å². The van der Waals surface area contributed by atoms with Gasteiger partial charge in [-0.15, -0.1) is 0 Å². The van der Waals surface area contributed by atoms with Crippen LogP contribution < -0.4 is 5.32 Å². The van der Waals surface area contributed by atoms with Crippen molar-refractivity contribution in [2.45, 2.75) is 380 Å². The first-order valence-electron chi connectivity index (χ1n) is 48.1. The van der Waals surface area contributed by atoms with Crippen molar-refractivity contribution in [3.63, 3.8) is 0 Å². The van der Waals surface area contributed by atoms with Gasteiger partial charge < -0.3 is 62.6 Å². The molecule has 15 nitrogen and oxygen atoms in total. The molecule has 26 aliphatic rings. The molecule has 13 saturated heterocycles. The van der Waals surface area contributed by atoms with Crippen molar-refractivity contribution in [2.75, 3.05) is 139 Å². The lowest BCUT2D eigenvalue weighted by Gasteiger charge is -2.56. The molecule has 24 bridgehead atoms. The second kappa shape index (κ2) is 46.1. The van der Waals surface area contributed by atoms with Gasteiger partial charge in [0, 0.05) is 136 Å². The van der Waals surface area contributed by atoms with E-state index in [1.807, 2.05) is 20.8 Å². The lowest BCUT2D eigenvalue weighted by Crippen LogP contribution is -2.53. The lowest BCUT2D eigenvalue weighted by atomic mass is 9.54. The van der Waals surface area contributed by atoms with Crippen LogP contribution in [0.3, 0.4) is 0 Å². The van der Waals surface area contributed by atoms with Crippen molar-refractivity contribution in [2.24, 2.45) is 82.9 Å². The normalized spacial score (nSPS) is 43.7. The molecule has 634 valence electrons. The topological polar surface area (TPSA) is 111 Å². The Labute approximate surface area is 670 Å². The molecule has 0 aromatic heterocycles. The SMILES string of the molecule is C1C2CC3CC1CN(C2)C3.C1O[C@@H]2CN[C@H]1C2.CC.CCN1CC2CC1CO2.CCN1CC2CCC1C2.CCOC.CCOC12CC3CC(CC(C3)C1)C2.CCOC1C2CCC1CC2.CCOC1CC2CCC1C2.CCOC1CC2CCC1CC2.CCOC1CC2CCCC(C1)N2C.CCOC1CC2CCN1CC2. The maximum absolute atomic E-state index is 6.04.